The smallest absolute Gasteiger partial charge is 0.325 e. The van der Waals surface area contributed by atoms with E-state index in [0.29, 0.717) is 5.25 Å². The summed E-state index contributed by atoms with van der Waals surface area (Å²) in [6, 6.07) is -1.05. The van der Waals surface area contributed by atoms with Crippen LogP contribution in [0.25, 0.3) is 0 Å². The van der Waals surface area contributed by atoms with Gasteiger partial charge < -0.3 is 15.7 Å². The minimum atomic E-state index is -1.02. The third-order valence-electron chi connectivity index (χ3n) is 3.06. The molecular formula is C11H20N2O3S. The van der Waals surface area contributed by atoms with Gasteiger partial charge in [0.25, 0.3) is 0 Å². The predicted molar refractivity (Wildman–Crippen MR) is 68.3 cm³/mol. The van der Waals surface area contributed by atoms with Crippen LogP contribution in [0, 0.1) is 0 Å². The van der Waals surface area contributed by atoms with Crippen LogP contribution in [-0.2, 0) is 4.79 Å². The highest BCUT2D eigenvalue weighted by Crippen LogP contribution is 2.26. The van der Waals surface area contributed by atoms with Crippen molar-refractivity contribution in [2.75, 3.05) is 6.26 Å². The number of hydrogen-bond donors (Lipinski definition) is 3. The van der Waals surface area contributed by atoms with Crippen LogP contribution in [0.5, 0.6) is 0 Å². The molecule has 3 N–H and O–H groups in total. The Labute approximate surface area is 106 Å². The molecule has 0 aliphatic heterocycles. The van der Waals surface area contributed by atoms with Crippen LogP contribution in [-0.4, -0.2) is 40.7 Å². The second kappa shape index (κ2) is 6.74. The highest BCUT2D eigenvalue weighted by Gasteiger charge is 2.22. The van der Waals surface area contributed by atoms with Gasteiger partial charge in [-0.3, -0.25) is 4.79 Å². The molecule has 1 atom stereocenters. The molecule has 2 amide bonds. The molecule has 98 valence electrons. The van der Waals surface area contributed by atoms with Gasteiger partial charge in [0, 0.05) is 11.3 Å². The van der Waals surface area contributed by atoms with Crippen molar-refractivity contribution in [1.29, 1.82) is 0 Å². The molecule has 0 aromatic heterocycles. The number of carboxylic acids is 1. The lowest BCUT2D eigenvalue weighted by Gasteiger charge is -2.28. The van der Waals surface area contributed by atoms with Gasteiger partial charge in [-0.05, 0) is 38.9 Å². The number of hydrogen-bond acceptors (Lipinski definition) is 3. The molecule has 1 rings (SSSR count). The van der Waals surface area contributed by atoms with Crippen LogP contribution in [0.1, 0.15) is 32.6 Å². The van der Waals surface area contributed by atoms with Crippen molar-refractivity contribution in [3.63, 3.8) is 0 Å². The number of urea groups is 1. The topological polar surface area (TPSA) is 78.4 Å². The minimum Gasteiger partial charge on any atom is -0.480 e. The zero-order chi connectivity index (χ0) is 12.8. The zero-order valence-electron chi connectivity index (χ0n) is 10.2. The van der Waals surface area contributed by atoms with E-state index in [1.807, 2.05) is 11.8 Å². The average Bonchev–Trinajstić information content (AvgIpc) is 2.29. The Bertz CT molecular complexity index is 278. The van der Waals surface area contributed by atoms with Crippen LogP contribution < -0.4 is 10.6 Å². The van der Waals surface area contributed by atoms with Crippen molar-refractivity contribution in [2.45, 2.75) is 49.9 Å². The van der Waals surface area contributed by atoms with Gasteiger partial charge >= 0.3 is 12.0 Å². The molecule has 0 saturated heterocycles. The van der Waals surface area contributed by atoms with Crippen molar-refractivity contribution in [3.05, 3.63) is 0 Å². The summed E-state index contributed by atoms with van der Waals surface area (Å²) in [4.78, 5) is 22.1. The maximum absolute atomic E-state index is 11.5. The van der Waals surface area contributed by atoms with Crippen molar-refractivity contribution in [2.24, 2.45) is 0 Å². The molecule has 1 fully saturated rings. The van der Waals surface area contributed by atoms with Crippen molar-refractivity contribution >= 4 is 23.8 Å². The Morgan fingerprint density at radius 1 is 1.29 bits per heavy atom. The average molecular weight is 260 g/mol. The number of thioether (sulfide) groups is 1. The number of aliphatic carboxylic acids is 1. The fraction of sp³-hybridized carbons (Fsp3) is 0.818. The second-order valence-electron chi connectivity index (χ2n) is 4.39. The number of amides is 2. The molecule has 0 spiro atoms. The molecule has 1 aliphatic rings. The summed E-state index contributed by atoms with van der Waals surface area (Å²) in [5.74, 6) is -1.02. The largest absolute Gasteiger partial charge is 0.480 e. The summed E-state index contributed by atoms with van der Waals surface area (Å²) in [5, 5.41) is 14.6. The van der Waals surface area contributed by atoms with Crippen molar-refractivity contribution in [3.8, 4) is 0 Å². The molecule has 1 saturated carbocycles. The molecule has 0 heterocycles. The Balaban J connectivity index is 2.26. The van der Waals surface area contributed by atoms with Crippen LogP contribution >= 0.6 is 11.8 Å². The summed E-state index contributed by atoms with van der Waals surface area (Å²) >= 11 is 1.88. The van der Waals surface area contributed by atoms with E-state index in [2.05, 4.69) is 16.9 Å². The Morgan fingerprint density at radius 2 is 1.88 bits per heavy atom. The summed E-state index contributed by atoms with van der Waals surface area (Å²) < 4.78 is 0. The second-order valence-corrected chi connectivity index (χ2v) is 5.53. The molecular weight excluding hydrogens is 240 g/mol. The van der Waals surface area contributed by atoms with Gasteiger partial charge in [0.05, 0.1) is 0 Å². The van der Waals surface area contributed by atoms with E-state index >= 15 is 0 Å². The predicted octanol–water partition coefficient (Wildman–Crippen LogP) is 1.43. The molecule has 17 heavy (non-hydrogen) atoms. The highest BCUT2D eigenvalue weighted by atomic mass is 32.2. The van der Waals surface area contributed by atoms with Gasteiger partial charge in [-0.2, -0.15) is 11.8 Å². The van der Waals surface area contributed by atoms with E-state index in [4.69, 9.17) is 5.11 Å². The molecule has 0 aromatic carbocycles. The Kier molecular flexibility index (Phi) is 5.61. The molecule has 0 aromatic rings. The van der Waals surface area contributed by atoms with Crippen molar-refractivity contribution in [1.82, 2.24) is 10.6 Å². The van der Waals surface area contributed by atoms with Gasteiger partial charge in [0.15, 0.2) is 0 Å². The first-order valence-corrected chi connectivity index (χ1v) is 7.14. The lowest BCUT2D eigenvalue weighted by molar-refractivity contribution is -0.138. The Morgan fingerprint density at radius 3 is 2.35 bits per heavy atom. The maximum Gasteiger partial charge on any atom is 0.325 e. The first kappa shape index (κ1) is 14.2. The molecule has 6 heteroatoms. The van der Waals surface area contributed by atoms with E-state index in [1.54, 1.807) is 0 Å². The lowest BCUT2D eigenvalue weighted by atomic mass is 9.95. The van der Waals surface area contributed by atoms with E-state index in [-0.39, 0.29) is 12.1 Å². The molecule has 0 radical (unpaired) electrons. The number of carbonyl (C=O) groups is 2. The van der Waals surface area contributed by atoms with Crippen LogP contribution in [0.2, 0.25) is 0 Å². The SMILES string of the molecule is CSC1CCC(NC(=O)NC(C)C(=O)O)CC1. The van der Waals surface area contributed by atoms with E-state index < -0.39 is 12.0 Å². The van der Waals surface area contributed by atoms with E-state index in [9.17, 15) is 9.59 Å². The molecule has 1 unspecified atom stereocenters. The highest BCUT2D eigenvalue weighted by molar-refractivity contribution is 7.99. The Hall–Kier alpha value is -0.910. The monoisotopic (exact) mass is 260 g/mol. The van der Waals surface area contributed by atoms with Crippen molar-refractivity contribution < 1.29 is 14.7 Å². The number of rotatable bonds is 4. The minimum absolute atomic E-state index is 0.180. The fourth-order valence-corrected chi connectivity index (χ4v) is 2.67. The lowest BCUT2D eigenvalue weighted by Crippen LogP contribution is -2.48. The van der Waals surface area contributed by atoms with Gasteiger partial charge in [-0.1, -0.05) is 0 Å². The molecule has 1 aliphatic carbocycles. The standard InChI is InChI=1S/C11H20N2O3S/c1-7(10(14)15)12-11(16)13-8-3-5-9(17-2)6-4-8/h7-9H,3-6H2,1-2H3,(H,14,15)(H2,12,13,16). The van der Waals surface area contributed by atoms with Crippen LogP contribution in [0.15, 0.2) is 0 Å². The van der Waals surface area contributed by atoms with E-state index in [0.717, 1.165) is 25.7 Å². The third kappa shape index (κ3) is 4.85. The van der Waals surface area contributed by atoms with Gasteiger partial charge in [0.1, 0.15) is 6.04 Å². The van der Waals surface area contributed by atoms with Gasteiger partial charge in [0.2, 0.25) is 0 Å². The normalized spacial score (nSPS) is 26.0. The van der Waals surface area contributed by atoms with Crippen LogP contribution in [0.4, 0.5) is 4.79 Å². The quantitative estimate of drug-likeness (QED) is 0.714. The summed E-state index contributed by atoms with van der Waals surface area (Å²) in [6.07, 6.45) is 6.28. The summed E-state index contributed by atoms with van der Waals surface area (Å²) in [5.41, 5.74) is 0. The van der Waals surface area contributed by atoms with Gasteiger partial charge in [-0.15, -0.1) is 0 Å². The first-order chi connectivity index (χ1) is 8.02. The van der Waals surface area contributed by atoms with E-state index in [1.165, 1.54) is 6.92 Å². The fourth-order valence-electron chi connectivity index (χ4n) is 1.93. The third-order valence-corrected chi connectivity index (χ3v) is 4.20. The van der Waals surface area contributed by atoms with Gasteiger partial charge in [-0.25, -0.2) is 4.79 Å². The zero-order valence-corrected chi connectivity index (χ0v) is 11.0. The maximum atomic E-state index is 11.5. The number of carbonyl (C=O) groups excluding carboxylic acids is 1. The molecule has 5 nitrogen and oxygen atoms in total. The first-order valence-electron chi connectivity index (χ1n) is 5.85. The number of carboxylic acid groups (broad SMARTS) is 1. The summed E-state index contributed by atoms with van der Waals surface area (Å²) in [6.45, 7) is 1.45. The molecule has 0 bridgehead atoms. The summed E-state index contributed by atoms with van der Waals surface area (Å²) in [7, 11) is 0. The number of nitrogens with one attached hydrogen (secondary N) is 2. The van der Waals surface area contributed by atoms with Crippen LogP contribution in [0.3, 0.4) is 0 Å².